The number of anilines is 1. The van der Waals surface area contributed by atoms with E-state index >= 15 is 0 Å². The van der Waals surface area contributed by atoms with Gasteiger partial charge in [-0.3, -0.25) is 19.1 Å². The molecule has 0 unspecified atom stereocenters. The number of fused-ring (bicyclic) bond motifs is 1. The number of carbonyl (C=O) groups excluding carboxylic acids is 1. The van der Waals surface area contributed by atoms with Crippen LogP contribution in [-0.2, 0) is 24.3 Å². The highest BCUT2D eigenvalue weighted by Crippen LogP contribution is 2.25. The molecule has 1 aromatic carbocycles. The maximum atomic E-state index is 12.9. The number of carbonyl (C=O) groups is 1. The number of imidazole rings is 1. The summed E-state index contributed by atoms with van der Waals surface area (Å²) in [5, 5.41) is 6.87. The van der Waals surface area contributed by atoms with Crippen molar-refractivity contribution in [1.82, 2.24) is 29.2 Å². The van der Waals surface area contributed by atoms with Crippen LogP contribution in [-0.4, -0.2) is 35.1 Å². The molecular formula is C25H31N7O4. The minimum atomic E-state index is -0.465. The molecule has 0 aliphatic heterocycles. The molecule has 0 aliphatic carbocycles. The molecule has 3 aromatic heterocycles. The number of aryl methyl sites for hydroxylation is 3. The zero-order valence-electron chi connectivity index (χ0n) is 21.0. The van der Waals surface area contributed by atoms with Crippen LogP contribution in [0.2, 0.25) is 0 Å². The highest BCUT2D eigenvalue weighted by Gasteiger charge is 2.20. The molecule has 190 valence electrons. The largest absolute Gasteiger partial charge is 0.339 e. The highest BCUT2D eigenvalue weighted by molar-refractivity contribution is 5.94. The van der Waals surface area contributed by atoms with Crippen LogP contribution in [0.15, 0.2) is 38.4 Å². The molecule has 0 radical (unpaired) electrons. The van der Waals surface area contributed by atoms with Gasteiger partial charge in [-0.1, -0.05) is 44.5 Å². The Bertz CT molecular complexity index is 1490. The Balaban J connectivity index is 1.61. The van der Waals surface area contributed by atoms with E-state index in [-0.39, 0.29) is 18.2 Å². The molecule has 2 N–H and O–H groups in total. The number of amides is 1. The molecule has 4 aromatic rings. The molecule has 0 bridgehead atoms. The summed E-state index contributed by atoms with van der Waals surface area (Å²) in [6.45, 7) is 8.83. The number of hydrogen-bond acceptors (Lipinski definition) is 7. The predicted octanol–water partition coefficient (Wildman–Crippen LogP) is 3.27. The quantitative estimate of drug-likeness (QED) is 0.345. The van der Waals surface area contributed by atoms with Gasteiger partial charge in [-0.15, -0.1) is 0 Å². The first-order chi connectivity index (χ1) is 17.3. The number of nitrogens with zero attached hydrogens (tertiary/aromatic N) is 5. The van der Waals surface area contributed by atoms with Crippen LogP contribution in [0.3, 0.4) is 0 Å². The summed E-state index contributed by atoms with van der Waals surface area (Å²) in [7, 11) is 0. The van der Waals surface area contributed by atoms with Gasteiger partial charge in [0.25, 0.3) is 5.56 Å². The molecule has 0 fully saturated rings. The van der Waals surface area contributed by atoms with Gasteiger partial charge in [0.05, 0.1) is 5.69 Å². The second kappa shape index (κ2) is 10.7. The number of H-pyrrole nitrogens is 1. The zero-order chi connectivity index (χ0) is 25.8. The van der Waals surface area contributed by atoms with E-state index < -0.39 is 11.2 Å². The number of nitrogens with one attached hydrogen (secondary N) is 2. The van der Waals surface area contributed by atoms with Crippen molar-refractivity contribution in [2.24, 2.45) is 5.92 Å². The first-order valence-electron chi connectivity index (χ1n) is 12.2. The lowest BCUT2D eigenvalue weighted by molar-refractivity contribution is -0.116. The second-order valence-electron chi connectivity index (χ2n) is 9.20. The standard InChI is InChI=1S/C25H31N7O4/c1-5-6-13-31-23-21(24(34)29-25(31)35)32(14-15(2)3)19(28-23)11-12-20(33)27-18-10-8-7-9-17(18)22-26-16(4)36-30-22/h7-10,15H,5-6,11-14H2,1-4H3,(H,27,33)(H,29,34,35). The van der Waals surface area contributed by atoms with E-state index in [4.69, 9.17) is 4.52 Å². The zero-order valence-corrected chi connectivity index (χ0v) is 21.0. The fourth-order valence-corrected chi connectivity index (χ4v) is 4.13. The van der Waals surface area contributed by atoms with Crippen molar-refractivity contribution in [2.75, 3.05) is 5.32 Å². The van der Waals surface area contributed by atoms with Crippen molar-refractivity contribution in [3.63, 3.8) is 0 Å². The SMILES string of the molecule is CCCCn1c(=O)[nH]c(=O)c2c1nc(CCC(=O)Nc1ccccc1-c1noc(C)n1)n2CC(C)C. The Morgan fingerprint density at radius 2 is 1.94 bits per heavy atom. The molecule has 0 spiro atoms. The third-order valence-electron chi connectivity index (χ3n) is 5.79. The van der Waals surface area contributed by atoms with Crippen LogP contribution >= 0.6 is 0 Å². The van der Waals surface area contributed by atoms with Crippen LogP contribution in [0.4, 0.5) is 5.69 Å². The van der Waals surface area contributed by atoms with Gasteiger partial charge in [0.15, 0.2) is 11.2 Å². The van der Waals surface area contributed by atoms with Gasteiger partial charge in [-0.25, -0.2) is 9.78 Å². The fourth-order valence-electron chi connectivity index (χ4n) is 4.13. The molecule has 36 heavy (non-hydrogen) atoms. The molecule has 0 saturated heterocycles. The second-order valence-corrected chi connectivity index (χ2v) is 9.20. The normalized spacial score (nSPS) is 11.5. The average Bonchev–Trinajstić information content (AvgIpc) is 3.41. The number of hydrogen-bond donors (Lipinski definition) is 2. The Labute approximate surface area is 207 Å². The van der Waals surface area contributed by atoms with E-state index in [0.29, 0.717) is 59.5 Å². The maximum absolute atomic E-state index is 12.9. The minimum Gasteiger partial charge on any atom is -0.339 e. The third kappa shape index (κ3) is 5.29. The Kier molecular flexibility index (Phi) is 7.47. The Hall–Kier alpha value is -4.02. The van der Waals surface area contributed by atoms with Crippen molar-refractivity contribution in [1.29, 1.82) is 0 Å². The molecule has 0 aliphatic rings. The summed E-state index contributed by atoms with van der Waals surface area (Å²) in [4.78, 5) is 49.5. The monoisotopic (exact) mass is 493 g/mol. The van der Waals surface area contributed by atoms with Gasteiger partial charge >= 0.3 is 5.69 Å². The minimum absolute atomic E-state index is 0.137. The van der Waals surface area contributed by atoms with Crippen LogP contribution in [0.1, 0.15) is 51.7 Å². The molecule has 1 amide bonds. The average molecular weight is 494 g/mol. The summed E-state index contributed by atoms with van der Waals surface area (Å²) in [6, 6.07) is 7.24. The number of para-hydroxylation sites is 1. The van der Waals surface area contributed by atoms with E-state index in [0.717, 1.165) is 12.8 Å². The van der Waals surface area contributed by atoms with E-state index in [1.165, 1.54) is 4.57 Å². The number of benzene rings is 1. The van der Waals surface area contributed by atoms with E-state index in [1.807, 2.05) is 43.5 Å². The topological polar surface area (TPSA) is 141 Å². The van der Waals surface area contributed by atoms with Crippen LogP contribution in [0.5, 0.6) is 0 Å². The van der Waals surface area contributed by atoms with Crippen molar-refractivity contribution in [3.8, 4) is 11.4 Å². The lowest BCUT2D eigenvalue weighted by Gasteiger charge is -2.12. The number of aromatic nitrogens is 6. The number of rotatable bonds is 10. The van der Waals surface area contributed by atoms with Gasteiger partial charge in [0.1, 0.15) is 5.82 Å². The summed E-state index contributed by atoms with van der Waals surface area (Å²) < 4.78 is 8.43. The highest BCUT2D eigenvalue weighted by atomic mass is 16.5. The van der Waals surface area contributed by atoms with Crippen molar-refractivity contribution < 1.29 is 9.32 Å². The summed E-state index contributed by atoms with van der Waals surface area (Å²) in [6.07, 6.45) is 2.13. The molecule has 0 atom stereocenters. The van der Waals surface area contributed by atoms with Crippen LogP contribution < -0.4 is 16.6 Å². The molecule has 4 rings (SSSR count). The van der Waals surface area contributed by atoms with E-state index in [2.05, 4.69) is 25.4 Å². The third-order valence-corrected chi connectivity index (χ3v) is 5.79. The van der Waals surface area contributed by atoms with Gasteiger partial charge in [-0.05, 0) is 24.5 Å². The fraction of sp³-hybridized carbons (Fsp3) is 0.440. The van der Waals surface area contributed by atoms with Crippen molar-refractivity contribution in [3.05, 3.63) is 56.8 Å². The summed E-state index contributed by atoms with van der Waals surface area (Å²) in [5.74, 6) is 1.44. The first-order valence-corrected chi connectivity index (χ1v) is 12.2. The lowest BCUT2D eigenvalue weighted by atomic mass is 10.1. The molecule has 3 heterocycles. The summed E-state index contributed by atoms with van der Waals surface area (Å²) >= 11 is 0. The number of unbranched alkanes of at least 4 members (excludes halogenated alkanes) is 1. The molecule has 11 heteroatoms. The lowest BCUT2D eigenvalue weighted by Crippen LogP contribution is -2.31. The van der Waals surface area contributed by atoms with Gasteiger partial charge in [0.2, 0.25) is 17.6 Å². The smallest absolute Gasteiger partial charge is 0.330 e. The van der Waals surface area contributed by atoms with Crippen LogP contribution in [0, 0.1) is 12.8 Å². The molecular weight excluding hydrogens is 462 g/mol. The molecule has 11 nitrogen and oxygen atoms in total. The molecule has 0 saturated carbocycles. The maximum Gasteiger partial charge on any atom is 0.330 e. The van der Waals surface area contributed by atoms with Gasteiger partial charge in [0, 0.05) is 38.4 Å². The van der Waals surface area contributed by atoms with Gasteiger partial charge < -0.3 is 14.4 Å². The first kappa shape index (κ1) is 25.1. The van der Waals surface area contributed by atoms with Crippen molar-refractivity contribution >= 4 is 22.8 Å². The summed E-state index contributed by atoms with van der Waals surface area (Å²) in [5.41, 5.74) is 1.03. The number of aromatic amines is 1. The van der Waals surface area contributed by atoms with E-state index in [9.17, 15) is 14.4 Å². The van der Waals surface area contributed by atoms with Crippen molar-refractivity contribution in [2.45, 2.75) is 66.5 Å². The Morgan fingerprint density at radius 1 is 1.17 bits per heavy atom. The van der Waals surface area contributed by atoms with Gasteiger partial charge in [-0.2, -0.15) is 4.98 Å². The van der Waals surface area contributed by atoms with Crippen LogP contribution in [0.25, 0.3) is 22.6 Å². The predicted molar refractivity (Wildman–Crippen MR) is 136 cm³/mol. The Morgan fingerprint density at radius 3 is 2.64 bits per heavy atom. The van der Waals surface area contributed by atoms with E-state index in [1.54, 1.807) is 13.0 Å².